The van der Waals surface area contributed by atoms with Crippen LogP contribution in [0.15, 0.2) is 41.5 Å². The largest absolute Gasteiger partial charge is 0.412 e. The molecule has 1 heterocycles. The zero-order valence-electron chi connectivity index (χ0n) is 10.2. The number of nitrogens with one attached hydrogen (secondary N) is 1. The van der Waals surface area contributed by atoms with E-state index in [0.717, 1.165) is 4.88 Å². The summed E-state index contributed by atoms with van der Waals surface area (Å²) in [6.45, 7) is 2.03. The molecule has 19 heavy (non-hydrogen) atoms. The molecular formula is C12H13N3O3S. The summed E-state index contributed by atoms with van der Waals surface area (Å²) in [6, 6.07) is 10.1. The van der Waals surface area contributed by atoms with Crippen LogP contribution in [0.1, 0.15) is 9.75 Å². The second-order valence-corrected chi connectivity index (χ2v) is 4.94. The molecule has 1 aromatic carbocycles. The Labute approximate surface area is 113 Å². The quantitative estimate of drug-likeness (QED) is 0.529. The van der Waals surface area contributed by atoms with Crippen molar-refractivity contribution in [2.45, 2.75) is 6.92 Å². The molecule has 2 aromatic rings. The monoisotopic (exact) mass is 279 g/mol. The van der Waals surface area contributed by atoms with Crippen LogP contribution < -0.4 is 5.43 Å². The Morgan fingerprint density at radius 3 is 2.47 bits per heavy atom. The molecule has 0 unspecified atom stereocenters. The smallest absolute Gasteiger partial charge is 0.269 e. The summed E-state index contributed by atoms with van der Waals surface area (Å²) in [5, 5.41) is 14.5. The molecule has 0 aliphatic heterocycles. The van der Waals surface area contributed by atoms with E-state index in [1.54, 1.807) is 29.7 Å². The summed E-state index contributed by atoms with van der Waals surface area (Å²) in [5.41, 5.74) is 3.60. The summed E-state index contributed by atoms with van der Waals surface area (Å²) in [7, 11) is 0. The van der Waals surface area contributed by atoms with Crippen molar-refractivity contribution in [2.24, 2.45) is 5.10 Å². The van der Waals surface area contributed by atoms with Crippen LogP contribution in [0.4, 0.5) is 11.4 Å². The van der Waals surface area contributed by atoms with Crippen LogP contribution in [0.3, 0.4) is 0 Å². The maximum atomic E-state index is 10.5. The highest BCUT2D eigenvalue weighted by Gasteiger charge is 2.02. The number of hydrogen-bond acceptors (Lipinski definition) is 5. The third kappa shape index (κ3) is 4.16. The van der Waals surface area contributed by atoms with Crippen molar-refractivity contribution in [3.05, 3.63) is 56.3 Å². The Balaban J connectivity index is 0.00000180. The zero-order valence-corrected chi connectivity index (χ0v) is 11.0. The van der Waals surface area contributed by atoms with Gasteiger partial charge in [0, 0.05) is 21.9 Å². The summed E-state index contributed by atoms with van der Waals surface area (Å²) in [5.74, 6) is 0. The van der Waals surface area contributed by atoms with Gasteiger partial charge in [-0.2, -0.15) is 5.10 Å². The Kier molecular flexibility index (Phi) is 5.16. The van der Waals surface area contributed by atoms with E-state index in [9.17, 15) is 10.1 Å². The van der Waals surface area contributed by atoms with Crippen molar-refractivity contribution in [3.8, 4) is 0 Å². The van der Waals surface area contributed by atoms with E-state index in [1.807, 2.05) is 19.1 Å². The predicted octanol–water partition coefficient (Wildman–Crippen LogP) is 2.59. The molecule has 0 bridgehead atoms. The van der Waals surface area contributed by atoms with Crippen molar-refractivity contribution in [1.82, 2.24) is 0 Å². The average Bonchev–Trinajstić information content (AvgIpc) is 2.76. The number of anilines is 1. The minimum Gasteiger partial charge on any atom is -0.412 e. The van der Waals surface area contributed by atoms with Crippen molar-refractivity contribution in [2.75, 3.05) is 5.43 Å². The number of aryl methyl sites for hydroxylation is 1. The molecule has 100 valence electrons. The normalized spacial score (nSPS) is 10.2. The molecule has 0 amide bonds. The molecule has 0 aliphatic rings. The molecule has 0 atom stereocenters. The summed E-state index contributed by atoms with van der Waals surface area (Å²) in [6.07, 6.45) is 1.72. The lowest BCUT2D eigenvalue weighted by atomic mass is 10.3. The van der Waals surface area contributed by atoms with Crippen molar-refractivity contribution in [3.63, 3.8) is 0 Å². The first-order valence-electron chi connectivity index (χ1n) is 5.25. The maximum absolute atomic E-state index is 10.5. The van der Waals surface area contributed by atoms with E-state index in [4.69, 9.17) is 0 Å². The van der Waals surface area contributed by atoms with Gasteiger partial charge in [-0.1, -0.05) is 0 Å². The van der Waals surface area contributed by atoms with E-state index in [2.05, 4.69) is 10.5 Å². The highest BCUT2D eigenvalue weighted by Crippen LogP contribution is 2.16. The number of hydrazone groups is 1. The van der Waals surface area contributed by atoms with E-state index in [1.165, 1.54) is 17.0 Å². The van der Waals surface area contributed by atoms with E-state index in [-0.39, 0.29) is 11.2 Å². The molecule has 0 fully saturated rings. The van der Waals surface area contributed by atoms with Gasteiger partial charge < -0.3 is 5.48 Å². The molecule has 3 N–H and O–H groups in total. The molecule has 2 rings (SSSR count). The summed E-state index contributed by atoms with van der Waals surface area (Å²) >= 11 is 1.65. The van der Waals surface area contributed by atoms with Crippen molar-refractivity contribution >= 4 is 28.9 Å². The third-order valence-corrected chi connectivity index (χ3v) is 3.16. The van der Waals surface area contributed by atoms with Crippen LogP contribution in [0.2, 0.25) is 0 Å². The van der Waals surface area contributed by atoms with Crippen molar-refractivity contribution in [1.29, 1.82) is 0 Å². The molecule has 0 saturated carbocycles. The number of nitrogens with zero attached hydrogens (tertiary/aromatic N) is 2. The number of rotatable bonds is 4. The fourth-order valence-corrected chi connectivity index (χ4v) is 2.10. The topological polar surface area (TPSA) is 99.0 Å². The fourth-order valence-electron chi connectivity index (χ4n) is 1.35. The number of nitro benzene ring substituents is 1. The number of hydrogen-bond donors (Lipinski definition) is 1. The first-order valence-corrected chi connectivity index (χ1v) is 6.07. The first kappa shape index (κ1) is 14.8. The Hall–Kier alpha value is -2.25. The van der Waals surface area contributed by atoms with Gasteiger partial charge in [-0.3, -0.25) is 15.5 Å². The van der Waals surface area contributed by atoms with Gasteiger partial charge in [-0.05, 0) is 31.2 Å². The van der Waals surface area contributed by atoms with Crippen molar-refractivity contribution < 1.29 is 10.4 Å². The molecule has 0 radical (unpaired) electrons. The Morgan fingerprint density at radius 1 is 1.26 bits per heavy atom. The van der Waals surface area contributed by atoms with Gasteiger partial charge >= 0.3 is 0 Å². The van der Waals surface area contributed by atoms with Gasteiger partial charge in [0.25, 0.3) is 5.69 Å². The molecular weight excluding hydrogens is 266 g/mol. The van der Waals surface area contributed by atoms with E-state index >= 15 is 0 Å². The lowest BCUT2D eigenvalue weighted by Gasteiger charge is -1.98. The fraction of sp³-hybridized carbons (Fsp3) is 0.0833. The van der Waals surface area contributed by atoms with Crippen LogP contribution in [-0.4, -0.2) is 16.6 Å². The molecule has 0 saturated heterocycles. The molecule has 0 spiro atoms. The Morgan fingerprint density at radius 2 is 1.95 bits per heavy atom. The first-order chi connectivity index (χ1) is 8.65. The van der Waals surface area contributed by atoms with Crippen LogP contribution >= 0.6 is 11.3 Å². The minimum absolute atomic E-state index is 0. The van der Waals surface area contributed by atoms with Gasteiger partial charge in [0.05, 0.1) is 16.8 Å². The molecule has 7 heteroatoms. The number of thiophene rings is 1. The standard InChI is InChI=1S/C12H11N3O2S.H2O/c1-9-2-7-12(18-9)8-13-14-10-3-5-11(6-4-10)15(16)17;/h2-8,14H,1H3;1H2/b13-8+;. The van der Waals surface area contributed by atoms with Gasteiger partial charge in [0.1, 0.15) is 0 Å². The van der Waals surface area contributed by atoms with Gasteiger partial charge in [-0.25, -0.2) is 0 Å². The predicted molar refractivity (Wildman–Crippen MR) is 77.0 cm³/mol. The van der Waals surface area contributed by atoms with Crippen LogP contribution in [-0.2, 0) is 0 Å². The Bertz CT molecular complexity index is 578. The lowest BCUT2D eigenvalue weighted by Crippen LogP contribution is -1.91. The second-order valence-electron chi connectivity index (χ2n) is 3.62. The van der Waals surface area contributed by atoms with Crippen LogP contribution in [0, 0.1) is 17.0 Å². The molecule has 6 nitrogen and oxygen atoms in total. The number of nitro groups is 1. The zero-order chi connectivity index (χ0) is 13.0. The van der Waals surface area contributed by atoms with E-state index in [0.29, 0.717) is 5.69 Å². The van der Waals surface area contributed by atoms with E-state index < -0.39 is 4.92 Å². The third-order valence-electron chi connectivity index (χ3n) is 2.22. The summed E-state index contributed by atoms with van der Waals surface area (Å²) in [4.78, 5) is 12.3. The maximum Gasteiger partial charge on any atom is 0.269 e. The highest BCUT2D eigenvalue weighted by atomic mass is 32.1. The van der Waals surface area contributed by atoms with Crippen LogP contribution in [0.25, 0.3) is 0 Å². The minimum atomic E-state index is -0.429. The van der Waals surface area contributed by atoms with Gasteiger partial charge in [-0.15, -0.1) is 11.3 Å². The SMILES string of the molecule is Cc1ccc(/C=N/Nc2ccc([N+](=O)[O-])cc2)s1.O. The average molecular weight is 279 g/mol. The second kappa shape index (κ2) is 6.62. The summed E-state index contributed by atoms with van der Waals surface area (Å²) < 4.78 is 0. The molecule has 1 aromatic heterocycles. The van der Waals surface area contributed by atoms with Crippen LogP contribution in [0.5, 0.6) is 0 Å². The molecule has 0 aliphatic carbocycles. The lowest BCUT2D eigenvalue weighted by molar-refractivity contribution is -0.384. The number of benzene rings is 1. The highest BCUT2D eigenvalue weighted by molar-refractivity contribution is 7.13. The number of non-ortho nitro benzene ring substituents is 1. The van der Waals surface area contributed by atoms with Gasteiger partial charge in [0.2, 0.25) is 0 Å². The van der Waals surface area contributed by atoms with Gasteiger partial charge in [0.15, 0.2) is 0 Å².